The number of piperidine rings is 1. The second-order valence-electron chi connectivity index (χ2n) is 7.57. The van der Waals surface area contributed by atoms with Crippen LogP contribution in [0.15, 0.2) is 6.20 Å². The zero-order valence-corrected chi connectivity index (χ0v) is 16.7. The Morgan fingerprint density at radius 3 is 2.78 bits per heavy atom. The molecule has 0 aliphatic carbocycles. The Morgan fingerprint density at radius 2 is 2.07 bits per heavy atom. The van der Waals surface area contributed by atoms with Gasteiger partial charge in [0.15, 0.2) is 5.65 Å². The van der Waals surface area contributed by atoms with E-state index in [9.17, 15) is 4.79 Å². The molecule has 1 amide bonds. The monoisotopic (exact) mass is 374 g/mol. The predicted octanol–water partition coefficient (Wildman–Crippen LogP) is 2.14. The van der Waals surface area contributed by atoms with E-state index in [1.54, 1.807) is 10.9 Å². The third-order valence-electron chi connectivity index (χ3n) is 4.92. The number of fused-ring (bicyclic) bond motifs is 1. The molecule has 148 valence electrons. The molecule has 27 heavy (non-hydrogen) atoms. The fraction of sp³-hybridized carbons (Fsp3) is 0.684. The highest BCUT2D eigenvalue weighted by atomic mass is 16.5. The average Bonchev–Trinajstić information content (AvgIpc) is 3.02. The Morgan fingerprint density at radius 1 is 1.33 bits per heavy atom. The Kier molecular flexibility index (Phi) is 6.26. The quantitative estimate of drug-likeness (QED) is 0.748. The number of carbonyl (C=O) groups excluding carboxylic acids is 1. The number of ether oxygens (including phenoxy) is 1. The molecule has 0 saturated carbocycles. The van der Waals surface area contributed by atoms with Crippen molar-refractivity contribution >= 4 is 22.8 Å². The van der Waals surface area contributed by atoms with Crippen LogP contribution in [0.4, 0.5) is 5.82 Å². The lowest BCUT2D eigenvalue weighted by atomic mass is 9.99. The van der Waals surface area contributed by atoms with Crippen LogP contribution in [0.2, 0.25) is 0 Å². The number of hydrogen-bond acceptors (Lipinski definition) is 6. The van der Waals surface area contributed by atoms with Crippen molar-refractivity contribution in [1.82, 2.24) is 25.1 Å². The smallest absolute Gasteiger partial charge is 0.289 e. The lowest BCUT2D eigenvalue weighted by Crippen LogP contribution is -2.34. The highest BCUT2D eigenvalue weighted by Crippen LogP contribution is 2.27. The molecule has 0 atom stereocenters. The van der Waals surface area contributed by atoms with Gasteiger partial charge in [-0.1, -0.05) is 6.92 Å². The number of carbonyl (C=O) groups is 1. The first-order valence-electron chi connectivity index (χ1n) is 9.80. The third kappa shape index (κ3) is 4.74. The first kappa shape index (κ1) is 19.5. The van der Waals surface area contributed by atoms with Gasteiger partial charge in [0.2, 0.25) is 5.82 Å². The maximum atomic E-state index is 12.6. The average molecular weight is 374 g/mol. The molecular formula is C19H30N6O2. The van der Waals surface area contributed by atoms with E-state index >= 15 is 0 Å². The minimum atomic E-state index is -0.255. The summed E-state index contributed by atoms with van der Waals surface area (Å²) in [5, 5.41) is 8.10. The van der Waals surface area contributed by atoms with Gasteiger partial charge in [-0.2, -0.15) is 5.10 Å². The normalized spacial score (nSPS) is 15.7. The van der Waals surface area contributed by atoms with E-state index in [1.807, 2.05) is 20.9 Å². The Labute approximate surface area is 160 Å². The van der Waals surface area contributed by atoms with Crippen molar-refractivity contribution in [2.24, 2.45) is 13.0 Å². The number of amides is 1. The van der Waals surface area contributed by atoms with Crippen molar-refractivity contribution in [3.05, 3.63) is 12.0 Å². The summed E-state index contributed by atoms with van der Waals surface area (Å²) < 4.78 is 7.19. The molecule has 0 aromatic carbocycles. The molecule has 1 N–H and O–H groups in total. The standard InChI is InChI=1S/C19H30N6O2/c1-13(2)27-11-5-8-20-19(26)16-22-17-15(12-21-24(17)4)18(23-16)25-9-6-14(3)7-10-25/h12-14H,5-11H2,1-4H3,(H,20,26). The van der Waals surface area contributed by atoms with Crippen LogP contribution in [-0.2, 0) is 11.8 Å². The van der Waals surface area contributed by atoms with E-state index < -0.39 is 0 Å². The van der Waals surface area contributed by atoms with Crippen molar-refractivity contribution in [2.75, 3.05) is 31.1 Å². The van der Waals surface area contributed by atoms with Gasteiger partial charge in [-0.25, -0.2) is 9.97 Å². The van der Waals surface area contributed by atoms with E-state index in [0.29, 0.717) is 18.8 Å². The van der Waals surface area contributed by atoms with Crippen molar-refractivity contribution in [2.45, 2.75) is 46.1 Å². The third-order valence-corrected chi connectivity index (χ3v) is 4.92. The molecule has 3 rings (SSSR count). The number of hydrogen-bond donors (Lipinski definition) is 1. The van der Waals surface area contributed by atoms with E-state index in [2.05, 4.69) is 32.2 Å². The molecule has 1 aliphatic rings. The first-order chi connectivity index (χ1) is 13.0. The minimum Gasteiger partial charge on any atom is -0.379 e. The van der Waals surface area contributed by atoms with E-state index in [-0.39, 0.29) is 17.8 Å². The van der Waals surface area contributed by atoms with E-state index in [1.165, 1.54) is 0 Å². The fourth-order valence-electron chi connectivity index (χ4n) is 3.24. The first-order valence-corrected chi connectivity index (χ1v) is 9.80. The predicted molar refractivity (Wildman–Crippen MR) is 105 cm³/mol. The number of rotatable bonds is 7. The Bertz CT molecular complexity index is 780. The fourth-order valence-corrected chi connectivity index (χ4v) is 3.24. The molecule has 0 spiro atoms. The topological polar surface area (TPSA) is 85.2 Å². The molecule has 0 bridgehead atoms. The second-order valence-corrected chi connectivity index (χ2v) is 7.57. The van der Waals surface area contributed by atoms with Crippen LogP contribution in [0, 0.1) is 5.92 Å². The molecule has 0 radical (unpaired) electrons. The van der Waals surface area contributed by atoms with Gasteiger partial charge < -0.3 is 15.0 Å². The zero-order chi connectivity index (χ0) is 19.4. The van der Waals surface area contributed by atoms with Crippen molar-refractivity contribution in [1.29, 1.82) is 0 Å². The van der Waals surface area contributed by atoms with Gasteiger partial charge >= 0.3 is 0 Å². The van der Waals surface area contributed by atoms with Crippen LogP contribution >= 0.6 is 0 Å². The maximum absolute atomic E-state index is 12.6. The molecule has 0 unspecified atom stereocenters. The highest BCUT2D eigenvalue weighted by Gasteiger charge is 2.23. The van der Waals surface area contributed by atoms with Crippen molar-refractivity contribution < 1.29 is 9.53 Å². The SMILES string of the molecule is CC1CCN(c2nc(C(=O)NCCCOC(C)C)nc3c2cnn3C)CC1. The van der Waals surface area contributed by atoms with Crippen LogP contribution in [0.1, 0.15) is 50.7 Å². The molecule has 2 aromatic heterocycles. The van der Waals surface area contributed by atoms with Gasteiger partial charge in [0.25, 0.3) is 5.91 Å². The van der Waals surface area contributed by atoms with Crippen LogP contribution in [-0.4, -0.2) is 58.0 Å². The molecule has 1 saturated heterocycles. The van der Waals surface area contributed by atoms with Crippen LogP contribution < -0.4 is 10.2 Å². The van der Waals surface area contributed by atoms with E-state index in [0.717, 1.165) is 49.5 Å². The number of nitrogens with zero attached hydrogens (tertiary/aromatic N) is 5. The molecule has 1 aliphatic heterocycles. The summed E-state index contributed by atoms with van der Waals surface area (Å²) in [5.41, 5.74) is 0.687. The van der Waals surface area contributed by atoms with Crippen LogP contribution in [0.3, 0.4) is 0 Å². The summed E-state index contributed by atoms with van der Waals surface area (Å²) in [5.74, 6) is 1.48. The molecule has 3 heterocycles. The summed E-state index contributed by atoms with van der Waals surface area (Å²) >= 11 is 0. The van der Waals surface area contributed by atoms with Crippen LogP contribution in [0.25, 0.3) is 11.0 Å². The number of aromatic nitrogens is 4. The lowest BCUT2D eigenvalue weighted by Gasteiger charge is -2.31. The second kappa shape index (κ2) is 8.65. The Balaban J connectivity index is 1.75. The van der Waals surface area contributed by atoms with Crippen molar-refractivity contribution in [3.63, 3.8) is 0 Å². The summed E-state index contributed by atoms with van der Waals surface area (Å²) in [6.45, 7) is 9.31. The van der Waals surface area contributed by atoms with Gasteiger partial charge in [0.1, 0.15) is 5.82 Å². The summed E-state index contributed by atoms with van der Waals surface area (Å²) in [6.07, 6.45) is 5.00. The van der Waals surface area contributed by atoms with Gasteiger partial charge in [0, 0.05) is 33.3 Å². The van der Waals surface area contributed by atoms with Gasteiger partial charge in [0.05, 0.1) is 17.7 Å². The zero-order valence-electron chi connectivity index (χ0n) is 16.7. The number of anilines is 1. The Hall–Kier alpha value is -2.22. The molecule has 8 heteroatoms. The summed E-state index contributed by atoms with van der Waals surface area (Å²) in [7, 11) is 1.84. The maximum Gasteiger partial charge on any atom is 0.289 e. The molecular weight excluding hydrogens is 344 g/mol. The van der Waals surface area contributed by atoms with Gasteiger partial charge in [-0.3, -0.25) is 9.48 Å². The number of aryl methyl sites for hydroxylation is 1. The highest BCUT2D eigenvalue weighted by molar-refractivity contribution is 5.95. The van der Waals surface area contributed by atoms with Crippen LogP contribution in [0.5, 0.6) is 0 Å². The molecule has 8 nitrogen and oxygen atoms in total. The summed E-state index contributed by atoms with van der Waals surface area (Å²) in [4.78, 5) is 23.9. The minimum absolute atomic E-state index is 0.199. The van der Waals surface area contributed by atoms with Gasteiger partial charge in [-0.05, 0) is 39.0 Å². The summed E-state index contributed by atoms with van der Waals surface area (Å²) in [6, 6.07) is 0. The van der Waals surface area contributed by atoms with Crippen molar-refractivity contribution in [3.8, 4) is 0 Å². The lowest BCUT2D eigenvalue weighted by molar-refractivity contribution is 0.0756. The largest absolute Gasteiger partial charge is 0.379 e. The van der Waals surface area contributed by atoms with Gasteiger partial charge in [-0.15, -0.1) is 0 Å². The molecule has 2 aromatic rings. The van der Waals surface area contributed by atoms with E-state index in [4.69, 9.17) is 4.74 Å². The molecule has 1 fully saturated rings. The number of nitrogens with one attached hydrogen (secondary N) is 1.